The summed E-state index contributed by atoms with van der Waals surface area (Å²) in [6.45, 7) is 8.16. The molecule has 0 aromatic carbocycles. The van der Waals surface area contributed by atoms with Crippen LogP contribution in [-0.4, -0.2) is 96.8 Å². The fourth-order valence-electron chi connectivity index (χ4n) is 4.46. The minimum Gasteiger partial charge on any atom is -0.379 e. The van der Waals surface area contributed by atoms with Gasteiger partial charge in [0.1, 0.15) is 0 Å². The van der Waals surface area contributed by atoms with Crippen LogP contribution in [0.4, 0.5) is 0 Å². The molecule has 3 aliphatic rings. The number of nitrogens with zero attached hydrogens (tertiary/aromatic N) is 5. The van der Waals surface area contributed by atoms with Gasteiger partial charge in [0.05, 0.1) is 19.1 Å². The van der Waals surface area contributed by atoms with Gasteiger partial charge in [0.15, 0.2) is 5.82 Å². The van der Waals surface area contributed by atoms with E-state index in [2.05, 4.69) is 22.0 Å². The fraction of sp³-hybridized carbons (Fsp3) is 0.850. The van der Waals surface area contributed by atoms with Gasteiger partial charge in [-0.2, -0.15) is 4.98 Å². The molecule has 1 amide bonds. The van der Waals surface area contributed by atoms with Crippen LogP contribution in [0.2, 0.25) is 0 Å². The average molecular weight is 392 g/mol. The second-order valence-corrected chi connectivity index (χ2v) is 8.53. The van der Waals surface area contributed by atoms with E-state index in [-0.39, 0.29) is 11.8 Å². The SMILES string of the molecule is CN1CCC(Cc2noc(C3CCC(=O)N(CCN4CCOCC4)C3)n2)CC1. The van der Waals surface area contributed by atoms with E-state index in [0.717, 1.165) is 71.1 Å². The van der Waals surface area contributed by atoms with E-state index in [0.29, 0.717) is 24.8 Å². The van der Waals surface area contributed by atoms with Crippen molar-refractivity contribution in [2.24, 2.45) is 5.92 Å². The lowest BCUT2D eigenvalue weighted by Crippen LogP contribution is -2.46. The number of aromatic nitrogens is 2. The number of piperidine rings is 2. The highest BCUT2D eigenvalue weighted by Crippen LogP contribution is 2.27. The van der Waals surface area contributed by atoms with Gasteiger partial charge < -0.3 is 19.1 Å². The van der Waals surface area contributed by atoms with Gasteiger partial charge >= 0.3 is 0 Å². The van der Waals surface area contributed by atoms with Crippen molar-refractivity contribution in [2.45, 2.75) is 38.0 Å². The third kappa shape index (κ3) is 5.10. The second kappa shape index (κ2) is 9.33. The van der Waals surface area contributed by atoms with Crippen molar-refractivity contribution in [1.29, 1.82) is 0 Å². The smallest absolute Gasteiger partial charge is 0.231 e. The van der Waals surface area contributed by atoms with Gasteiger partial charge in [0, 0.05) is 45.6 Å². The van der Waals surface area contributed by atoms with E-state index in [1.54, 1.807) is 0 Å². The molecule has 3 saturated heterocycles. The van der Waals surface area contributed by atoms with E-state index in [4.69, 9.17) is 14.2 Å². The molecular weight excluding hydrogens is 358 g/mol. The summed E-state index contributed by atoms with van der Waals surface area (Å²) in [6, 6.07) is 0. The molecule has 0 bridgehead atoms. The van der Waals surface area contributed by atoms with Gasteiger partial charge in [-0.3, -0.25) is 9.69 Å². The molecular formula is C20H33N5O3. The first-order valence-electron chi connectivity index (χ1n) is 10.8. The Morgan fingerprint density at radius 1 is 1.07 bits per heavy atom. The molecule has 8 nitrogen and oxygen atoms in total. The molecule has 156 valence electrons. The predicted octanol–water partition coefficient (Wildman–Crippen LogP) is 0.992. The summed E-state index contributed by atoms with van der Waals surface area (Å²) in [7, 11) is 2.18. The zero-order chi connectivity index (χ0) is 19.3. The summed E-state index contributed by atoms with van der Waals surface area (Å²) < 4.78 is 11.0. The normalized spacial score (nSPS) is 26.1. The summed E-state index contributed by atoms with van der Waals surface area (Å²) in [5.74, 6) is 2.62. The standard InChI is InChI=1S/C20H33N5O3/c1-23-6-4-16(5-7-23)14-18-21-20(28-22-18)17-2-3-19(26)25(15-17)9-8-24-10-12-27-13-11-24/h16-17H,2-15H2,1H3. The molecule has 0 radical (unpaired) electrons. The van der Waals surface area contributed by atoms with E-state index >= 15 is 0 Å². The van der Waals surface area contributed by atoms with Crippen molar-refractivity contribution in [1.82, 2.24) is 24.8 Å². The van der Waals surface area contributed by atoms with E-state index < -0.39 is 0 Å². The quantitative estimate of drug-likeness (QED) is 0.716. The Labute approximate surface area is 167 Å². The van der Waals surface area contributed by atoms with Gasteiger partial charge in [-0.25, -0.2) is 0 Å². The first-order valence-corrected chi connectivity index (χ1v) is 10.8. The van der Waals surface area contributed by atoms with Crippen LogP contribution >= 0.6 is 0 Å². The number of rotatable bonds is 6. The van der Waals surface area contributed by atoms with Crippen molar-refractivity contribution in [3.8, 4) is 0 Å². The molecule has 3 fully saturated rings. The number of carbonyl (C=O) groups is 1. The third-order valence-electron chi connectivity index (χ3n) is 6.43. The molecule has 1 unspecified atom stereocenters. The largest absolute Gasteiger partial charge is 0.379 e. The summed E-state index contributed by atoms with van der Waals surface area (Å²) in [6.07, 6.45) is 4.69. The summed E-state index contributed by atoms with van der Waals surface area (Å²) in [5.41, 5.74) is 0. The predicted molar refractivity (Wildman–Crippen MR) is 104 cm³/mol. The van der Waals surface area contributed by atoms with Crippen LogP contribution in [-0.2, 0) is 16.0 Å². The zero-order valence-corrected chi connectivity index (χ0v) is 17.0. The van der Waals surface area contributed by atoms with Crippen molar-refractivity contribution in [3.63, 3.8) is 0 Å². The molecule has 1 atom stereocenters. The van der Waals surface area contributed by atoms with Crippen LogP contribution < -0.4 is 0 Å². The highest BCUT2D eigenvalue weighted by molar-refractivity contribution is 5.77. The second-order valence-electron chi connectivity index (χ2n) is 8.53. The van der Waals surface area contributed by atoms with Crippen LogP contribution in [0.25, 0.3) is 0 Å². The zero-order valence-electron chi connectivity index (χ0n) is 17.0. The third-order valence-corrected chi connectivity index (χ3v) is 6.43. The summed E-state index contributed by atoms with van der Waals surface area (Å²) in [5, 5.41) is 4.24. The molecule has 4 rings (SSSR count). The number of hydrogen-bond donors (Lipinski definition) is 0. The maximum Gasteiger partial charge on any atom is 0.231 e. The number of hydrogen-bond acceptors (Lipinski definition) is 7. The monoisotopic (exact) mass is 391 g/mol. The van der Waals surface area contributed by atoms with Gasteiger partial charge in [-0.05, 0) is 45.3 Å². The fourth-order valence-corrected chi connectivity index (χ4v) is 4.46. The molecule has 1 aromatic rings. The Morgan fingerprint density at radius 3 is 2.64 bits per heavy atom. The Balaban J connectivity index is 1.29. The van der Waals surface area contributed by atoms with Crippen LogP contribution in [0.5, 0.6) is 0 Å². The Bertz CT molecular complexity index is 638. The molecule has 0 N–H and O–H groups in total. The van der Waals surface area contributed by atoms with Crippen LogP contribution in [0.15, 0.2) is 4.52 Å². The summed E-state index contributed by atoms with van der Waals surface area (Å²) >= 11 is 0. The maximum absolute atomic E-state index is 12.4. The molecule has 4 heterocycles. The minimum atomic E-state index is 0.168. The average Bonchev–Trinajstić information content (AvgIpc) is 3.18. The number of ether oxygens (including phenoxy) is 1. The van der Waals surface area contributed by atoms with Crippen molar-refractivity contribution >= 4 is 5.91 Å². The molecule has 8 heteroatoms. The minimum absolute atomic E-state index is 0.168. The molecule has 28 heavy (non-hydrogen) atoms. The summed E-state index contributed by atoms with van der Waals surface area (Å²) in [4.78, 5) is 23.8. The lowest BCUT2D eigenvalue weighted by Gasteiger charge is -2.34. The lowest BCUT2D eigenvalue weighted by molar-refractivity contribution is -0.134. The van der Waals surface area contributed by atoms with E-state index in [1.807, 2.05) is 4.90 Å². The van der Waals surface area contributed by atoms with Gasteiger partial charge in [0.25, 0.3) is 0 Å². The van der Waals surface area contributed by atoms with E-state index in [9.17, 15) is 4.79 Å². The van der Waals surface area contributed by atoms with Gasteiger partial charge in [-0.1, -0.05) is 5.16 Å². The van der Waals surface area contributed by atoms with E-state index in [1.165, 1.54) is 12.8 Å². The van der Waals surface area contributed by atoms with Crippen LogP contribution in [0.3, 0.4) is 0 Å². The molecule has 0 spiro atoms. The maximum atomic E-state index is 12.4. The molecule has 3 aliphatic heterocycles. The highest BCUT2D eigenvalue weighted by Gasteiger charge is 2.31. The molecule has 1 aromatic heterocycles. The number of morpholine rings is 1. The molecule has 0 saturated carbocycles. The van der Waals surface area contributed by atoms with Crippen LogP contribution in [0.1, 0.15) is 43.3 Å². The van der Waals surface area contributed by atoms with Gasteiger partial charge in [-0.15, -0.1) is 0 Å². The van der Waals surface area contributed by atoms with Crippen molar-refractivity contribution in [2.75, 3.05) is 66.1 Å². The Kier molecular flexibility index (Phi) is 6.59. The Morgan fingerprint density at radius 2 is 1.86 bits per heavy atom. The lowest BCUT2D eigenvalue weighted by atomic mass is 9.93. The first kappa shape index (κ1) is 19.8. The Hall–Kier alpha value is -1.51. The van der Waals surface area contributed by atoms with Crippen LogP contribution in [0, 0.1) is 5.92 Å². The topological polar surface area (TPSA) is 74.9 Å². The number of amides is 1. The van der Waals surface area contributed by atoms with Crippen molar-refractivity contribution in [3.05, 3.63) is 11.7 Å². The molecule has 0 aliphatic carbocycles. The highest BCUT2D eigenvalue weighted by atomic mass is 16.5. The van der Waals surface area contributed by atoms with Crippen molar-refractivity contribution < 1.29 is 14.1 Å². The van der Waals surface area contributed by atoms with Gasteiger partial charge in [0.2, 0.25) is 11.8 Å². The first-order chi connectivity index (χ1) is 13.7. The number of carbonyl (C=O) groups excluding carboxylic acids is 1. The number of likely N-dealkylation sites (tertiary alicyclic amines) is 2.